The Bertz CT molecular complexity index is 542. The quantitative estimate of drug-likeness (QED) is 0.721. The molecule has 6 nitrogen and oxygen atoms in total. The number of nitrogens with zero attached hydrogens (tertiary/aromatic N) is 1. The first-order valence-electron chi connectivity index (χ1n) is 7.55. The molecule has 1 fully saturated rings. The number of nitrogen functional groups attached to an aromatic ring is 1. The summed E-state index contributed by atoms with van der Waals surface area (Å²) >= 11 is 0. The molecule has 1 saturated heterocycles. The summed E-state index contributed by atoms with van der Waals surface area (Å²) in [4.78, 5) is 25.8. The van der Waals surface area contributed by atoms with Gasteiger partial charge in [0.1, 0.15) is 6.04 Å². The van der Waals surface area contributed by atoms with E-state index >= 15 is 0 Å². The minimum absolute atomic E-state index is 0.0220. The number of carbonyl (C=O) groups excluding carboxylic acids is 1. The molecule has 120 valence electrons. The average Bonchev–Trinajstić information content (AvgIpc) is 2.90. The smallest absolute Gasteiger partial charge is 0.320 e. The summed E-state index contributed by atoms with van der Waals surface area (Å²) in [7, 11) is 0. The van der Waals surface area contributed by atoms with Crippen LogP contribution in [0.15, 0.2) is 24.3 Å². The van der Waals surface area contributed by atoms with Crippen molar-refractivity contribution >= 4 is 23.3 Å². The van der Waals surface area contributed by atoms with Crippen molar-refractivity contribution in [2.45, 2.75) is 38.8 Å². The maximum atomic E-state index is 12.6. The van der Waals surface area contributed by atoms with Crippen LogP contribution in [0.4, 0.5) is 11.4 Å². The van der Waals surface area contributed by atoms with Crippen LogP contribution in [0.5, 0.6) is 0 Å². The molecule has 1 aromatic carbocycles. The lowest BCUT2D eigenvalue weighted by molar-refractivity contribution is -0.144. The summed E-state index contributed by atoms with van der Waals surface area (Å²) < 4.78 is 0. The SMILES string of the molecule is CC(C)C(C(=O)Nc1ccc(N)cc1)N1CCCC1C(=O)O. The van der Waals surface area contributed by atoms with E-state index in [1.807, 2.05) is 13.8 Å². The Kier molecular flexibility index (Phi) is 5.03. The zero-order valence-corrected chi connectivity index (χ0v) is 13.0. The summed E-state index contributed by atoms with van der Waals surface area (Å²) in [5, 5.41) is 12.2. The number of carbonyl (C=O) groups is 2. The monoisotopic (exact) mass is 305 g/mol. The normalized spacial score (nSPS) is 20.0. The van der Waals surface area contributed by atoms with E-state index in [4.69, 9.17) is 5.73 Å². The van der Waals surface area contributed by atoms with Gasteiger partial charge >= 0.3 is 5.97 Å². The highest BCUT2D eigenvalue weighted by atomic mass is 16.4. The Morgan fingerprint density at radius 2 is 1.95 bits per heavy atom. The van der Waals surface area contributed by atoms with Gasteiger partial charge in [-0.3, -0.25) is 14.5 Å². The van der Waals surface area contributed by atoms with Gasteiger partial charge in [0.2, 0.25) is 5.91 Å². The van der Waals surface area contributed by atoms with Gasteiger partial charge in [-0.15, -0.1) is 0 Å². The number of nitrogens with two attached hydrogens (primary N) is 1. The van der Waals surface area contributed by atoms with Gasteiger partial charge in [0, 0.05) is 11.4 Å². The molecular formula is C16H23N3O3. The maximum absolute atomic E-state index is 12.6. The Morgan fingerprint density at radius 1 is 1.32 bits per heavy atom. The molecule has 22 heavy (non-hydrogen) atoms. The van der Waals surface area contributed by atoms with E-state index in [1.54, 1.807) is 29.2 Å². The molecule has 0 spiro atoms. The summed E-state index contributed by atoms with van der Waals surface area (Å²) in [6.45, 7) is 4.50. The van der Waals surface area contributed by atoms with Gasteiger partial charge in [-0.1, -0.05) is 13.8 Å². The lowest BCUT2D eigenvalue weighted by Crippen LogP contribution is -2.51. The van der Waals surface area contributed by atoms with Crippen LogP contribution in [0.2, 0.25) is 0 Å². The van der Waals surface area contributed by atoms with Gasteiger partial charge in [-0.05, 0) is 49.6 Å². The van der Waals surface area contributed by atoms with Crippen molar-refractivity contribution in [1.29, 1.82) is 0 Å². The van der Waals surface area contributed by atoms with Crippen molar-refractivity contribution in [3.8, 4) is 0 Å². The third-order valence-electron chi connectivity index (χ3n) is 4.01. The Balaban J connectivity index is 2.15. The van der Waals surface area contributed by atoms with Gasteiger partial charge in [-0.25, -0.2) is 0 Å². The number of rotatable bonds is 5. The predicted octanol–water partition coefficient (Wildman–Crippen LogP) is 1.78. The van der Waals surface area contributed by atoms with Crippen molar-refractivity contribution in [3.05, 3.63) is 24.3 Å². The number of nitrogens with one attached hydrogen (secondary N) is 1. The molecule has 2 unspecified atom stereocenters. The molecule has 0 aromatic heterocycles. The van der Waals surface area contributed by atoms with Crippen LogP contribution in [-0.4, -0.2) is 40.5 Å². The van der Waals surface area contributed by atoms with E-state index < -0.39 is 18.1 Å². The van der Waals surface area contributed by atoms with Crippen molar-refractivity contribution in [1.82, 2.24) is 4.90 Å². The Morgan fingerprint density at radius 3 is 2.50 bits per heavy atom. The second kappa shape index (κ2) is 6.79. The van der Waals surface area contributed by atoms with Gasteiger partial charge in [0.15, 0.2) is 0 Å². The standard InChI is InChI=1S/C16H23N3O3/c1-10(2)14(19-9-3-4-13(19)16(21)22)15(20)18-12-7-5-11(17)6-8-12/h5-8,10,13-14H,3-4,9,17H2,1-2H3,(H,18,20)(H,21,22). The fourth-order valence-electron chi connectivity index (χ4n) is 3.01. The van der Waals surface area contributed by atoms with E-state index in [1.165, 1.54) is 0 Å². The molecular weight excluding hydrogens is 282 g/mol. The van der Waals surface area contributed by atoms with Crippen LogP contribution in [0.25, 0.3) is 0 Å². The second-order valence-electron chi connectivity index (χ2n) is 6.03. The fourth-order valence-corrected chi connectivity index (χ4v) is 3.01. The third-order valence-corrected chi connectivity index (χ3v) is 4.01. The number of hydrogen-bond donors (Lipinski definition) is 3. The first-order chi connectivity index (χ1) is 10.4. The molecule has 0 radical (unpaired) electrons. The number of aliphatic carboxylic acids is 1. The molecule has 1 aliphatic heterocycles. The zero-order chi connectivity index (χ0) is 16.3. The van der Waals surface area contributed by atoms with Gasteiger partial charge in [0.25, 0.3) is 0 Å². The molecule has 1 aliphatic rings. The lowest BCUT2D eigenvalue weighted by atomic mass is 10.0. The molecule has 6 heteroatoms. The summed E-state index contributed by atoms with van der Waals surface area (Å²) in [6, 6.07) is 5.88. The predicted molar refractivity (Wildman–Crippen MR) is 85.5 cm³/mol. The molecule has 2 atom stereocenters. The van der Waals surface area contributed by atoms with E-state index in [9.17, 15) is 14.7 Å². The van der Waals surface area contributed by atoms with E-state index in [-0.39, 0.29) is 11.8 Å². The number of carboxylic acids is 1. The topological polar surface area (TPSA) is 95.7 Å². The number of benzene rings is 1. The number of anilines is 2. The van der Waals surface area contributed by atoms with Crippen LogP contribution in [-0.2, 0) is 9.59 Å². The van der Waals surface area contributed by atoms with Crippen molar-refractivity contribution < 1.29 is 14.7 Å². The molecule has 0 bridgehead atoms. The summed E-state index contributed by atoms with van der Waals surface area (Å²) in [6.07, 6.45) is 1.39. The highest BCUT2D eigenvalue weighted by Crippen LogP contribution is 2.25. The van der Waals surface area contributed by atoms with E-state index in [0.717, 1.165) is 6.42 Å². The van der Waals surface area contributed by atoms with Crippen molar-refractivity contribution in [2.24, 2.45) is 5.92 Å². The Labute approximate surface area is 130 Å². The first kappa shape index (κ1) is 16.3. The number of likely N-dealkylation sites (tertiary alicyclic amines) is 1. The number of hydrogen-bond acceptors (Lipinski definition) is 4. The Hall–Kier alpha value is -2.08. The molecule has 1 amide bonds. The van der Waals surface area contributed by atoms with Crippen LogP contribution < -0.4 is 11.1 Å². The van der Waals surface area contributed by atoms with Gasteiger partial charge < -0.3 is 16.2 Å². The van der Waals surface area contributed by atoms with Crippen molar-refractivity contribution in [3.63, 3.8) is 0 Å². The molecule has 1 heterocycles. The number of amides is 1. The third kappa shape index (κ3) is 3.57. The minimum Gasteiger partial charge on any atom is -0.480 e. The molecule has 1 aromatic rings. The molecule has 0 aliphatic carbocycles. The summed E-state index contributed by atoms with van der Waals surface area (Å²) in [5.74, 6) is -1.01. The number of carboxylic acid groups (broad SMARTS) is 1. The first-order valence-corrected chi connectivity index (χ1v) is 7.55. The maximum Gasteiger partial charge on any atom is 0.320 e. The van der Waals surface area contributed by atoms with Crippen molar-refractivity contribution in [2.75, 3.05) is 17.6 Å². The average molecular weight is 305 g/mol. The second-order valence-corrected chi connectivity index (χ2v) is 6.03. The highest BCUT2D eigenvalue weighted by molar-refractivity contribution is 5.95. The molecule has 4 N–H and O–H groups in total. The van der Waals surface area contributed by atoms with Crippen LogP contribution in [0, 0.1) is 5.92 Å². The zero-order valence-electron chi connectivity index (χ0n) is 13.0. The minimum atomic E-state index is -0.858. The molecule has 2 rings (SSSR count). The van der Waals surface area contributed by atoms with E-state index in [0.29, 0.717) is 24.3 Å². The highest BCUT2D eigenvalue weighted by Gasteiger charge is 2.39. The van der Waals surface area contributed by atoms with Crippen LogP contribution >= 0.6 is 0 Å². The van der Waals surface area contributed by atoms with E-state index in [2.05, 4.69) is 5.32 Å². The van der Waals surface area contributed by atoms with Crippen LogP contribution in [0.1, 0.15) is 26.7 Å². The van der Waals surface area contributed by atoms with Crippen LogP contribution in [0.3, 0.4) is 0 Å². The van der Waals surface area contributed by atoms with Gasteiger partial charge in [0.05, 0.1) is 6.04 Å². The lowest BCUT2D eigenvalue weighted by Gasteiger charge is -2.32. The van der Waals surface area contributed by atoms with Gasteiger partial charge in [-0.2, -0.15) is 0 Å². The fraction of sp³-hybridized carbons (Fsp3) is 0.500. The molecule has 0 saturated carbocycles. The largest absolute Gasteiger partial charge is 0.480 e. The summed E-state index contributed by atoms with van der Waals surface area (Å²) in [5.41, 5.74) is 6.92.